The molecule has 17 heavy (non-hydrogen) atoms. The Kier molecular flexibility index (Phi) is 3.23. The van der Waals surface area contributed by atoms with Crippen LogP contribution in [0.25, 0.3) is 0 Å². The summed E-state index contributed by atoms with van der Waals surface area (Å²) in [5, 5.41) is 0. The van der Waals surface area contributed by atoms with E-state index in [0.717, 1.165) is 12.8 Å². The van der Waals surface area contributed by atoms with Gasteiger partial charge in [-0.05, 0) is 36.3 Å². The number of carbonyl (C=O) groups is 1. The van der Waals surface area contributed by atoms with Gasteiger partial charge in [0.05, 0.1) is 12.5 Å². The monoisotopic (exact) mass is 232 g/mol. The molecule has 1 unspecified atom stereocenters. The second kappa shape index (κ2) is 4.52. The minimum Gasteiger partial charge on any atom is -0.466 e. The Hall–Kier alpha value is -1.31. The maximum Gasteiger partial charge on any atom is 0.309 e. The van der Waals surface area contributed by atoms with Gasteiger partial charge in [0, 0.05) is 0 Å². The van der Waals surface area contributed by atoms with E-state index in [0.29, 0.717) is 6.61 Å². The maximum atomic E-state index is 11.9. The lowest BCUT2D eigenvalue weighted by molar-refractivity contribution is -0.149. The molecule has 0 aromatic heterocycles. The molecule has 0 saturated carbocycles. The summed E-state index contributed by atoms with van der Waals surface area (Å²) < 4.78 is 5.15. The van der Waals surface area contributed by atoms with E-state index in [1.165, 1.54) is 11.1 Å². The van der Waals surface area contributed by atoms with E-state index < -0.39 is 0 Å². The third-order valence-corrected chi connectivity index (χ3v) is 3.59. The van der Waals surface area contributed by atoms with Gasteiger partial charge in [-0.1, -0.05) is 38.1 Å². The standard InChI is InChI=1S/C15H20O2/c1-4-17-14(16)12-9-11-7-5-6-8-13(11)15(2,3)10-12/h5-8,12H,4,9-10H2,1-3H3. The number of hydrogen-bond acceptors (Lipinski definition) is 2. The van der Waals surface area contributed by atoms with E-state index in [2.05, 4.69) is 32.0 Å². The first-order valence-electron chi connectivity index (χ1n) is 6.29. The highest BCUT2D eigenvalue weighted by molar-refractivity contribution is 5.73. The predicted molar refractivity (Wildman–Crippen MR) is 67.9 cm³/mol. The van der Waals surface area contributed by atoms with Crippen molar-refractivity contribution in [3.05, 3.63) is 35.4 Å². The van der Waals surface area contributed by atoms with Gasteiger partial charge in [-0.25, -0.2) is 0 Å². The first-order valence-corrected chi connectivity index (χ1v) is 6.29. The maximum absolute atomic E-state index is 11.9. The van der Waals surface area contributed by atoms with E-state index in [1.54, 1.807) is 0 Å². The molecule has 0 saturated heterocycles. The largest absolute Gasteiger partial charge is 0.466 e. The number of hydrogen-bond donors (Lipinski definition) is 0. The zero-order chi connectivity index (χ0) is 12.5. The van der Waals surface area contributed by atoms with Crippen molar-refractivity contribution >= 4 is 5.97 Å². The molecule has 1 atom stereocenters. The summed E-state index contributed by atoms with van der Waals surface area (Å²) in [6.07, 6.45) is 1.70. The summed E-state index contributed by atoms with van der Waals surface area (Å²) in [7, 11) is 0. The Labute approximate surface area is 103 Å². The first-order chi connectivity index (χ1) is 8.04. The Bertz CT molecular complexity index is 421. The van der Waals surface area contributed by atoms with Crippen molar-refractivity contribution in [2.75, 3.05) is 6.61 Å². The highest BCUT2D eigenvalue weighted by atomic mass is 16.5. The van der Waals surface area contributed by atoms with Gasteiger partial charge >= 0.3 is 5.97 Å². The Morgan fingerprint density at radius 1 is 1.41 bits per heavy atom. The first kappa shape index (κ1) is 12.2. The van der Waals surface area contributed by atoms with E-state index in [4.69, 9.17) is 4.74 Å². The molecule has 1 aromatic carbocycles. The van der Waals surface area contributed by atoms with Crippen molar-refractivity contribution in [2.24, 2.45) is 5.92 Å². The Balaban J connectivity index is 2.28. The van der Waals surface area contributed by atoms with Crippen LogP contribution in [0, 0.1) is 5.92 Å². The lowest BCUT2D eigenvalue weighted by Crippen LogP contribution is -2.34. The van der Waals surface area contributed by atoms with Crippen molar-refractivity contribution < 1.29 is 9.53 Å². The summed E-state index contributed by atoms with van der Waals surface area (Å²) in [6.45, 7) is 6.74. The zero-order valence-corrected chi connectivity index (χ0v) is 10.8. The normalized spacial score (nSPS) is 21.7. The highest BCUT2D eigenvalue weighted by Gasteiger charge is 2.36. The van der Waals surface area contributed by atoms with Crippen molar-refractivity contribution in [3.8, 4) is 0 Å². The number of carbonyl (C=O) groups excluding carboxylic acids is 1. The second-order valence-electron chi connectivity index (χ2n) is 5.40. The van der Waals surface area contributed by atoms with Crippen molar-refractivity contribution in [3.63, 3.8) is 0 Å². The molecule has 92 valence electrons. The van der Waals surface area contributed by atoms with Crippen LogP contribution in [0.2, 0.25) is 0 Å². The minimum absolute atomic E-state index is 0.0137. The molecule has 1 aromatic rings. The third kappa shape index (κ3) is 2.36. The van der Waals surface area contributed by atoms with Crippen molar-refractivity contribution in [1.29, 1.82) is 0 Å². The van der Waals surface area contributed by atoms with Crippen LogP contribution in [0.1, 0.15) is 38.3 Å². The van der Waals surface area contributed by atoms with E-state index in [-0.39, 0.29) is 17.3 Å². The van der Waals surface area contributed by atoms with Gasteiger partial charge in [-0.2, -0.15) is 0 Å². The molecule has 0 N–H and O–H groups in total. The topological polar surface area (TPSA) is 26.3 Å². The van der Waals surface area contributed by atoms with E-state index in [9.17, 15) is 4.79 Å². The van der Waals surface area contributed by atoms with Crippen LogP contribution >= 0.6 is 0 Å². The van der Waals surface area contributed by atoms with E-state index >= 15 is 0 Å². The van der Waals surface area contributed by atoms with Gasteiger partial charge < -0.3 is 4.74 Å². The number of benzene rings is 1. The fourth-order valence-corrected chi connectivity index (χ4v) is 2.85. The lowest BCUT2D eigenvalue weighted by atomic mass is 9.68. The van der Waals surface area contributed by atoms with Crippen LogP contribution in [0.15, 0.2) is 24.3 Å². The van der Waals surface area contributed by atoms with Gasteiger partial charge in [0.1, 0.15) is 0 Å². The minimum atomic E-state index is -0.0462. The van der Waals surface area contributed by atoms with Crippen LogP contribution in [-0.2, 0) is 21.4 Å². The van der Waals surface area contributed by atoms with Crippen LogP contribution in [0.3, 0.4) is 0 Å². The third-order valence-electron chi connectivity index (χ3n) is 3.59. The molecule has 0 aliphatic heterocycles. The summed E-state index contributed by atoms with van der Waals surface area (Å²) >= 11 is 0. The predicted octanol–water partition coefficient (Wildman–Crippen LogP) is 3.09. The summed E-state index contributed by atoms with van der Waals surface area (Å²) in [5.74, 6) is -0.0325. The molecular weight excluding hydrogens is 212 g/mol. The Morgan fingerprint density at radius 3 is 2.82 bits per heavy atom. The van der Waals surface area contributed by atoms with Gasteiger partial charge in [0.25, 0.3) is 0 Å². The highest BCUT2D eigenvalue weighted by Crippen LogP contribution is 2.39. The molecule has 0 bridgehead atoms. The van der Waals surface area contributed by atoms with Crippen LogP contribution in [0.4, 0.5) is 0 Å². The Morgan fingerprint density at radius 2 is 2.12 bits per heavy atom. The second-order valence-corrected chi connectivity index (χ2v) is 5.40. The molecule has 0 radical (unpaired) electrons. The fourth-order valence-electron chi connectivity index (χ4n) is 2.85. The quantitative estimate of drug-likeness (QED) is 0.732. The molecule has 2 heteroatoms. The molecule has 0 spiro atoms. The smallest absolute Gasteiger partial charge is 0.309 e. The summed E-state index contributed by atoms with van der Waals surface area (Å²) in [6, 6.07) is 8.42. The number of fused-ring (bicyclic) bond motifs is 1. The molecule has 2 nitrogen and oxygen atoms in total. The molecule has 0 heterocycles. The van der Waals surface area contributed by atoms with Gasteiger partial charge in [0.2, 0.25) is 0 Å². The summed E-state index contributed by atoms with van der Waals surface area (Å²) in [4.78, 5) is 11.9. The SMILES string of the molecule is CCOC(=O)C1Cc2ccccc2C(C)(C)C1. The molecule has 1 aliphatic carbocycles. The molecule has 0 amide bonds. The number of rotatable bonds is 2. The van der Waals surface area contributed by atoms with Crippen LogP contribution < -0.4 is 0 Å². The lowest BCUT2D eigenvalue weighted by Gasteiger charge is -2.36. The van der Waals surface area contributed by atoms with Crippen LogP contribution in [0.5, 0.6) is 0 Å². The van der Waals surface area contributed by atoms with Crippen LogP contribution in [-0.4, -0.2) is 12.6 Å². The molecule has 1 aliphatic rings. The average Bonchev–Trinajstić information content (AvgIpc) is 2.28. The number of esters is 1. The fraction of sp³-hybridized carbons (Fsp3) is 0.533. The van der Waals surface area contributed by atoms with Crippen molar-refractivity contribution in [2.45, 2.75) is 39.0 Å². The van der Waals surface area contributed by atoms with Gasteiger partial charge in [-0.3, -0.25) is 4.79 Å². The molecular formula is C15H20O2. The van der Waals surface area contributed by atoms with Gasteiger partial charge in [-0.15, -0.1) is 0 Å². The molecule has 0 fully saturated rings. The average molecular weight is 232 g/mol. The zero-order valence-electron chi connectivity index (χ0n) is 10.8. The summed E-state index contributed by atoms with van der Waals surface area (Å²) in [5.41, 5.74) is 2.73. The van der Waals surface area contributed by atoms with Crippen molar-refractivity contribution in [1.82, 2.24) is 0 Å². The van der Waals surface area contributed by atoms with Gasteiger partial charge in [0.15, 0.2) is 0 Å². The molecule has 2 rings (SSSR count). The van der Waals surface area contributed by atoms with E-state index in [1.807, 2.05) is 13.0 Å². The number of ether oxygens (including phenoxy) is 1.